The van der Waals surface area contributed by atoms with Crippen LogP contribution in [0.25, 0.3) is 11.4 Å². The third-order valence-electron chi connectivity index (χ3n) is 2.00. The summed E-state index contributed by atoms with van der Waals surface area (Å²) in [5.74, 6) is 0.759. The Morgan fingerprint density at radius 2 is 2.21 bits per heavy atom. The molecule has 0 radical (unpaired) electrons. The van der Waals surface area contributed by atoms with Gasteiger partial charge in [0.15, 0.2) is 5.69 Å². The molecule has 0 fully saturated rings. The third kappa shape index (κ3) is 1.17. The molecular formula is C9H9N5. The van der Waals surface area contributed by atoms with Crippen molar-refractivity contribution in [3.63, 3.8) is 0 Å². The SMILES string of the molecule is Cn1cc(-c2nccn2C)c(C#N)n1. The van der Waals surface area contributed by atoms with Crippen LogP contribution in [-0.4, -0.2) is 19.3 Å². The molecule has 5 nitrogen and oxygen atoms in total. The van der Waals surface area contributed by atoms with Gasteiger partial charge in [-0.25, -0.2) is 4.98 Å². The highest BCUT2D eigenvalue weighted by atomic mass is 15.3. The molecule has 0 spiro atoms. The van der Waals surface area contributed by atoms with Crippen LogP contribution < -0.4 is 0 Å². The van der Waals surface area contributed by atoms with Gasteiger partial charge in [-0.15, -0.1) is 0 Å². The zero-order valence-electron chi connectivity index (χ0n) is 7.97. The minimum atomic E-state index is 0.404. The molecule has 2 aromatic heterocycles. The van der Waals surface area contributed by atoms with Crippen LogP contribution in [0.2, 0.25) is 0 Å². The van der Waals surface area contributed by atoms with E-state index in [1.807, 2.05) is 23.9 Å². The molecular weight excluding hydrogens is 178 g/mol. The molecule has 0 saturated carbocycles. The molecule has 2 heterocycles. The second-order valence-corrected chi connectivity index (χ2v) is 3.04. The molecule has 0 atom stereocenters. The Hall–Kier alpha value is -2.09. The van der Waals surface area contributed by atoms with Gasteiger partial charge in [0.1, 0.15) is 11.9 Å². The molecule has 0 aliphatic carbocycles. The van der Waals surface area contributed by atoms with Gasteiger partial charge in [0, 0.05) is 32.7 Å². The van der Waals surface area contributed by atoms with Crippen LogP contribution in [0.1, 0.15) is 5.69 Å². The monoisotopic (exact) mass is 187 g/mol. The molecule has 0 unspecified atom stereocenters. The van der Waals surface area contributed by atoms with E-state index in [-0.39, 0.29) is 0 Å². The van der Waals surface area contributed by atoms with Gasteiger partial charge in [0.05, 0.1) is 5.56 Å². The average Bonchev–Trinajstić information content (AvgIpc) is 2.71. The van der Waals surface area contributed by atoms with E-state index < -0.39 is 0 Å². The second kappa shape index (κ2) is 3.00. The van der Waals surface area contributed by atoms with Crippen LogP contribution in [0.3, 0.4) is 0 Å². The van der Waals surface area contributed by atoms with Gasteiger partial charge in [-0.1, -0.05) is 0 Å². The molecule has 0 aliphatic heterocycles. The Morgan fingerprint density at radius 3 is 2.79 bits per heavy atom. The van der Waals surface area contributed by atoms with E-state index in [1.54, 1.807) is 24.1 Å². The topological polar surface area (TPSA) is 59.4 Å². The van der Waals surface area contributed by atoms with E-state index in [4.69, 9.17) is 5.26 Å². The second-order valence-electron chi connectivity index (χ2n) is 3.04. The number of hydrogen-bond acceptors (Lipinski definition) is 3. The van der Waals surface area contributed by atoms with Crippen molar-refractivity contribution in [2.45, 2.75) is 0 Å². The minimum absolute atomic E-state index is 0.404. The van der Waals surface area contributed by atoms with Crippen molar-refractivity contribution in [1.29, 1.82) is 5.26 Å². The molecule has 2 aromatic rings. The van der Waals surface area contributed by atoms with Crippen molar-refractivity contribution >= 4 is 0 Å². The first kappa shape index (κ1) is 8.51. The predicted molar refractivity (Wildman–Crippen MR) is 50.1 cm³/mol. The fourth-order valence-corrected chi connectivity index (χ4v) is 1.36. The molecule has 0 aliphatic rings. The lowest BCUT2D eigenvalue weighted by Crippen LogP contribution is -1.91. The molecule has 0 saturated heterocycles. The summed E-state index contributed by atoms with van der Waals surface area (Å²) in [4.78, 5) is 4.17. The van der Waals surface area contributed by atoms with Gasteiger partial charge in [0.2, 0.25) is 0 Å². The van der Waals surface area contributed by atoms with Crippen LogP contribution in [0.5, 0.6) is 0 Å². The summed E-state index contributed by atoms with van der Waals surface area (Å²) in [5.41, 5.74) is 1.17. The fourth-order valence-electron chi connectivity index (χ4n) is 1.36. The molecule has 0 bridgehead atoms. The number of nitriles is 1. The zero-order chi connectivity index (χ0) is 10.1. The number of nitrogens with zero attached hydrogens (tertiary/aromatic N) is 5. The number of hydrogen-bond donors (Lipinski definition) is 0. The van der Waals surface area contributed by atoms with Gasteiger partial charge < -0.3 is 4.57 Å². The van der Waals surface area contributed by atoms with Gasteiger partial charge in [0.25, 0.3) is 0 Å². The summed E-state index contributed by atoms with van der Waals surface area (Å²) >= 11 is 0. The smallest absolute Gasteiger partial charge is 0.173 e. The van der Waals surface area contributed by atoms with Crippen LogP contribution in [0, 0.1) is 11.3 Å². The van der Waals surface area contributed by atoms with E-state index in [1.165, 1.54) is 0 Å². The van der Waals surface area contributed by atoms with Crippen LogP contribution >= 0.6 is 0 Å². The van der Waals surface area contributed by atoms with Crippen LogP contribution in [-0.2, 0) is 14.1 Å². The fraction of sp³-hybridized carbons (Fsp3) is 0.222. The normalized spacial score (nSPS) is 10.1. The lowest BCUT2D eigenvalue weighted by atomic mass is 10.2. The molecule has 70 valence electrons. The van der Waals surface area contributed by atoms with E-state index in [0.29, 0.717) is 5.69 Å². The summed E-state index contributed by atoms with van der Waals surface area (Å²) < 4.78 is 3.47. The Balaban J connectivity index is 2.63. The largest absolute Gasteiger partial charge is 0.334 e. The molecule has 0 amide bonds. The lowest BCUT2D eigenvalue weighted by molar-refractivity contribution is 0.763. The Kier molecular flexibility index (Phi) is 1.82. The van der Waals surface area contributed by atoms with E-state index in [9.17, 15) is 0 Å². The highest BCUT2D eigenvalue weighted by Gasteiger charge is 2.12. The summed E-state index contributed by atoms with van der Waals surface area (Å²) in [6, 6.07) is 2.05. The minimum Gasteiger partial charge on any atom is -0.334 e. The maximum Gasteiger partial charge on any atom is 0.173 e. The van der Waals surface area contributed by atoms with Crippen molar-refractivity contribution in [2.75, 3.05) is 0 Å². The van der Waals surface area contributed by atoms with Crippen LogP contribution in [0.15, 0.2) is 18.6 Å². The third-order valence-corrected chi connectivity index (χ3v) is 2.00. The number of rotatable bonds is 1. The van der Waals surface area contributed by atoms with Crippen molar-refractivity contribution < 1.29 is 0 Å². The van der Waals surface area contributed by atoms with E-state index >= 15 is 0 Å². The number of imidazole rings is 1. The van der Waals surface area contributed by atoms with Crippen LogP contribution in [0.4, 0.5) is 0 Å². The lowest BCUT2D eigenvalue weighted by Gasteiger charge is -1.96. The van der Waals surface area contributed by atoms with E-state index in [2.05, 4.69) is 10.1 Å². The first-order valence-electron chi connectivity index (χ1n) is 4.14. The van der Waals surface area contributed by atoms with Crippen molar-refractivity contribution in [2.24, 2.45) is 14.1 Å². The summed E-state index contributed by atoms with van der Waals surface area (Å²) in [6.07, 6.45) is 5.33. The molecule has 0 N–H and O–H groups in total. The number of aromatic nitrogens is 4. The van der Waals surface area contributed by atoms with E-state index in [0.717, 1.165) is 11.4 Å². The molecule has 0 aromatic carbocycles. The summed E-state index contributed by atoms with van der Waals surface area (Å²) in [6.45, 7) is 0. The van der Waals surface area contributed by atoms with Crippen molar-refractivity contribution in [3.8, 4) is 17.5 Å². The summed E-state index contributed by atoms with van der Waals surface area (Å²) in [7, 11) is 3.67. The van der Waals surface area contributed by atoms with Gasteiger partial charge in [-0.3, -0.25) is 4.68 Å². The first-order chi connectivity index (χ1) is 6.72. The Labute approximate surface area is 81.2 Å². The van der Waals surface area contributed by atoms with Crippen molar-refractivity contribution in [1.82, 2.24) is 19.3 Å². The Bertz CT molecular complexity index is 499. The number of aryl methyl sites for hydroxylation is 2. The van der Waals surface area contributed by atoms with Gasteiger partial charge >= 0.3 is 0 Å². The average molecular weight is 187 g/mol. The maximum atomic E-state index is 8.86. The first-order valence-corrected chi connectivity index (χ1v) is 4.14. The molecule has 5 heteroatoms. The quantitative estimate of drug-likeness (QED) is 0.660. The molecule has 14 heavy (non-hydrogen) atoms. The molecule has 2 rings (SSSR count). The van der Waals surface area contributed by atoms with Gasteiger partial charge in [-0.2, -0.15) is 10.4 Å². The summed E-state index contributed by atoms with van der Waals surface area (Å²) in [5, 5.41) is 12.9. The van der Waals surface area contributed by atoms with Crippen molar-refractivity contribution in [3.05, 3.63) is 24.3 Å². The maximum absolute atomic E-state index is 8.86. The van der Waals surface area contributed by atoms with Gasteiger partial charge in [-0.05, 0) is 0 Å². The predicted octanol–water partition coefficient (Wildman–Crippen LogP) is 0.692. The highest BCUT2D eigenvalue weighted by Crippen LogP contribution is 2.19. The Morgan fingerprint density at radius 1 is 1.43 bits per heavy atom. The highest BCUT2D eigenvalue weighted by molar-refractivity contribution is 5.61. The zero-order valence-corrected chi connectivity index (χ0v) is 7.97. The standard InChI is InChI=1S/C9H9N5/c1-13-4-3-11-9(13)7-6-14(2)12-8(7)5-10/h3-4,6H,1-2H3.